The van der Waals surface area contributed by atoms with Crippen LogP contribution in [-0.4, -0.2) is 24.0 Å². The van der Waals surface area contributed by atoms with Crippen molar-refractivity contribution in [3.05, 3.63) is 69.8 Å². The molecule has 1 N–H and O–H groups in total. The number of halogens is 2. The maximum absolute atomic E-state index is 12.2. The van der Waals surface area contributed by atoms with E-state index in [0.717, 1.165) is 21.1 Å². The van der Waals surface area contributed by atoms with E-state index in [4.69, 9.17) is 16.3 Å². The number of benzene rings is 2. The molecule has 3 rings (SSSR count). The normalized spacial score (nSPS) is 10.6. The lowest BCUT2D eigenvalue weighted by Gasteiger charge is -2.10. The Hall–Kier alpha value is -2.11. The standard InChI is InChI=1S/C19H16BrClN2O2/c20-14-7-8-16(21)15(12-14)19(24)23-10-3-11-25-17-6-1-4-13-5-2-9-22-18(13)17/h1-2,4-9,12H,3,10-11H2,(H,23,24). The molecule has 0 aliphatic rings. The van der Waals surface area contributed by atoms with Gasteiger partial charge in [0.2, 0.25) is 0 Å². The molecular formula is C19H16BrClN2O2. The first-order valence-corrected chi connectivity index (χ1v) is 9.02. The van der Waals surface area contributed by atoms with Gasteiger partial charge in [-0.1, -0.05) is 45.7 Å². The first-order chi connectivity index (χ1) is 12.1. The lowest BCUT2D eigenvalue weighted by Crippen LogP contribution is -2.25. The highest BCUT2D eigenvalue weighted by atomic mass is 79.9. The molecule has 128 valence electrons. The lowest BCUT2D eigenvalue weighted by molar-refractivity contribution is 0.0951. The van der Waals surface area contributed by atoms with E-state index in [9.17, 15) is 4.79 Å². The molecule has 1 aromatic heterocycles. The Labute approximate surface area is 159 Å². The fourth-order valence-electron chi connectivity index (χ4n) is 2.42. The topological polar surface area (TPSA) is 51.2 Å². The third kappa shape index (κ3) is 4.50. The Morgan fingerprint density at radius 1 is 1.20 bits per heavy atom. The van der Waals surface area contributed by atoms with E-state index in [1.165, 1.54) is 0 Å². The molecule has 0 bridgehead atoms. The van der Waals surface area contributed by atoms with Gasteiger partial charge in [-0.3, -0.25) is 9.78 Å². The van der Waals surface area contributed by atoms with E-state index in [0.29, 0.717) is 30.2 Å². The molecule has 0 saturated heterocycles. The maximum Gasteiger partial charge on any atom is 0.252 e. The van der Waals surface area contributed by atoms with Gasteiger partial charge in [0.25, 0.3) is 5.91 Å². The van der Waals surface area contributed by atoms with Crippen molar-refractivity contribution in [3.63, 3.8) is 0 Å². The van der Waals surface area contributed by atoms with Crippen LogP contribution >= 0.6 is 27.5 Å². The van der Waals surface area contributed by atoms with Crippen molar-refractivity contribution in [3.8, 4) is 5.75 Å². The van der Waals surface area contributed by atoms with E-state index in [1.54, 1.807) is 24.4 Å². The molecule has 3 aromatic rings. The number of fused-ring (bicyclic) bond motifs is 1. The third-order valence-corrected chi connectivity index (χ3v) is 4.46. The van der Waals surface area contributed by atoms with Gasteiger partial charge in [-0.25, -0.2) is 0 Å². The van der Waals surface area contributed by atoms with Crippen LogP contribution in [0.5, 0.6) is 5.75 Å². The van der Waals surface area contributed by atoms with E-state index >= 15 is 0 Å². The van der Waals surface area contributed by atoms with Crippen LogP contribution in [-0.2, 0) is 0 Å². The number of carbonyl (C=O) groups excluding carboxylic acids is 1. The Morgan fingerprint density at radius 3 is 2.92 bits per heavy atom. The molecule has 0 aliphatic carbocycles. The first-order valence-electron chi connectivity index (χ1n) is 7.85. The van der Waals surface area contributed by atoms with Gasteiger partial charge in [0.1, 0.15) is 11.3 Å². The van der Waals surface area contributed by atoms with Gasteiger partial charge in [-0.15, -0.1) is 0 Å². The van der Waals surface area contributed by atoms with Crippen molar-refractivity contribution in [1.29, 1.82) is 0 Å². The third-order valence-electron chi connectivity index (χ3n) is 3.63. The number of rotatable bonds is 6. The number of ether oxygens (including phenoxy) is 1. The predicted molar refractivity (Wildman–Crippen MR) is 103 cm³/mol. The number of hydrogen-bond donors (Lipinski definition) is 1. The fourth-order valence-corrected chi connectivity index (χ4v) is 2.98. The number of pyridine rings is 1. The van der Waals surface area contributed by atoms with Crippen LogP contribution in [0.15, 0.2) is 59.2 Å². The molecule has 25 heavy (non-hydrogen) atoms. The van der Waals surface area contributed by atoms with Gasteiger partial charge < -0.3 is 10.1 Å². The quantitative estimate of drug-likeness (QED) is 0.581. The minimum absolute atomic E-state index is 0.196. The summed E-state index contributed by atoms with van der Waals surface area (Å²) < 4.78 is 6.62. The zero-order chi connectivity index (χ0) is 17.6. The molecule has 1 heterocycles. The van der Waals surface area contributed by atoms with Crippen molar-refractivity contribution >= 4 is 44.3 Å². The molecule has 0 unspecified atom stereocenters. The van der Waals surface area contributed by atoms with Crippen LogP contribution in [0.3, 0.4) is 0 Å². The minimum atomic E-state index is -0.196. The summed E-state index contributed by atoms with van der Waals surface area (Å²) in [6, 6.07) is 14.9. The van der Waals surface area contributed by atoms with Crippen molar-refractivity contribution in [2.45, 2.75) is 6.42 Å². The SMILES string of the molecule is O=C(NCCCOc1cccc2cccnc12)c1cc(Br)ccc1Cl. The molecule has 0 atom stereocenters. The van der Waals surface area contributed by atoms with Crippen molar-refractivity contribution in [1.82, 2.24) is 10.3 Å². The van der Waals surface area contributed by atoms with Crippen LogP contribution in [0, 0.1) is 0 Å². The summed E-state index contributed by atoms with van der Waals surface area (Å²) in [4.78, 5) is 16.5. The molecule has 0 saturated carbocycles. The number of amides is 1. The maximum atomic E-state index is 12.2. The first kappa shape index (κ1) is 17.7. The van der Waals surface area contributed by atoms with Gasteiger partial charge in [-0.05, 0) is 36.8 Å². The summed E-state index contributed by atoms with van der Waals surface area (Å²) in [5.41, 5.74) is 1.30. The zero-order valence-electron chi connectivity index (χ0n) is 13.3. The monoisotopic (exact) mass is 418 g/mol. The van der Waals surface area contributed by atoms with Crippen molar-refractivity contribution < 1.29 is 9.53 Å². The molecule has 1 amide bonds. The van der Waals surface area contributed by atoms with Gasteiger partial charge in [0, 0.05) is 22.6 Å². The summed E-state index contributed by atoms with van der Waals surface area (Å²) >= 11 is 9.39. The van der Waals surface area contributed by atoms with E-state index in [-0.39, 0.29) is 5.91 Å². The number of nitrogens with one attached hydrogen (secondary N) is 1. The Bertz CT molecular complexity index is 896. The highest BCUT2D eigenvalue weighted by Gasteiger charge is 2.10. The van der Waals surface area contributed by atoms with E-state index in [1.807, 2.05) is 30.3 Å². The Balaban J connectivity index is 1.50. The number of aromatic nitrogens is 1. The van der Waals surface area contributed by atoms with E-state index in [2.05, 4.69) is 26.2 Å². The highest BCUT2D eigenvalue weighted by Crippen LogP contribution is 2.23. The number of carbonyl (C=O) groups is 1. The zero-order valence-corrected chi connectivity index (χ0v) is 15.7. The minimum Gasteiger partial charge on any atom is -0.491 e. The van der Waals surface area contributed by atoms with Gasteiger partial charge in [0.15, 0.2) is 0 Å². The molecule has 0 radical (unpaired) electrons. The van der Waals surface area contributed by atoms with Crippen LogP contribution < -0.4 is 10.1 Å². The number of hydrogen-bond acceptors (Lipinski definition) is 3. The molecule has 4 nitrogen and oxygen atoms in total. The van der Waals surface area contributed by atoms with Crippen molar-refractivity contribution in [2.75, 3.05) is 13.2 Å². The van der Waals surface area contributed by atoms with Crippen molar-refractivity contribution in [2.24, 2.45) is 0 Å². The molecule has 2 aromatic carbocycles. The summed E-state index contributed by atoms with van der Waals surface area (Å²) in [5, 5.41) is 4.32. The Morgan fingerprint density at radius 2 is 2.04 bits per heavy atom. The second-order valence-electron chi connectivity index (χ2n) is 5.41. The molecular weight excluding hydrogens is 404 g/mol. The van der Waals surface area contributed by atoms with Crippen LogP contribution in [0.4, 0.5) is 0 Å². The molecule has 0 fully saturated rings. The van der Waals surface area contributed by atoms with Crippen LogP contribution in [0.25, 0.3) is 10.9 Å². The average Bonchev–Trinajstić information content (AvgIpc) is 2.63. The van der Waals surface area contributed by atoms with Crippen LogP contribution in [0.1, 0.15) is 16.8 Å². The predicted octanol–water partition coefficient (Wildman–Crippen LogP) is 4.85. The summed E-state index contributed by atoms with van der Waals surface area (Å²) in [7, 11) is 0. The fraction of sp³-hybridized carbons (Fsp3) is 0.158. The second-order valence-corrected chi connectivity index (χ2v) is 6.74. The number of para-hydroxylation sites is 1. The average molecular weight is 420 g/mol. The smallest absolute Gasteiger partial charge is 0.252 e. The molecule has 0 aliphatic heterocycles. The highest BCUT2D eigenvalue weighted by molar-refractivity contribution is 9.10. The summed E-state index contributed by atoms with van der Waals surface area (Å²) in [6.45, 7) is 0.988. The number of nitrogens with zero attached hydrogens (tertiary/aromatic N) is 1. The lowest BCUT2D eigenvalue weighted by atomic mass is 10.2. The van der Waals surface area contributed by atoms with Gasteiger partial charge in [0.05, 0.1) is 17.2 Å². The van der Waals surface area contributed by atoms with E-state index < -0.39 is 0 Å². The summed E-state index contributed by atoms with van der Waals surface area (Å²) in [5.74, 6) is 0.553. The van der Waals surface area contributed by atoms with Crippen LogP contribution in [0.2, 0.25) is 5.02 Å². The van der Waals surface area contributed by atoms with Gasteiger partial charge in [-0.2, -0.15) is 0 Å². The molecule has 0 spiro atoms. The second kappa shape index (κ2) is 8.32. The largest absolute Gasteiger partial charge is 0.491 e. The van der Waals surface area contributed by atoms with Gasteiger partial charge >= 0.3 is 0 Å². The molecule has 6 heteroatoms. The Kier molecular flexibility index (Phi) is 5.89. The summed E-state index contributed by atoms with van der Waals surface area (Å²) in [6.07, 6.45) is 2.43.